The zero-order valence-corrected chi connectivity index (χ0v) is 11.1. The molecule has 0 aliphatic rings. The van der Waals surface area contributed by atoms with Crippen molar-refractivity contribution in [3.05, 3.63) is 37.8 Å². The molecular formula is C9H5BrINS. The molecule has 0 atom stereocenters. The summed E-state index contributed by atoms with van der Waals surface area (Å²) in [5, 5.41) is 0. The predicted molar refractivity (Wildman–Crippen MR) is 68.0 cm³/mol. The van der Waals surface area contributed by atoms with Crippen molar-refractivity contribution < 1.29 is 0 Å². The van der Waals surface area contributed by atoms with Crippen LogP contribution in [0.2, 0.25) is 0 Å². The van der Waals surface area contributed by atoms with Crippen molar-refractivity contribution in [2.45, 2.75) is 0 Å². The summed E-state index contributed by atoms with van der Waals surface area (Å²) < 4.78 is 2.31. The third kappa shape index (κ3) is 2.30. The van der Waals surface area contributed by atoms with E-state index in [0.29, 0.717) is 0 Å². The monoisotopic (exact) mass is 365 g/mol. The van der Waals surface area contributed by atoms with Gasteiger partial charge in [-0.2, -0.15) is 0 Å². The normalized spacial score (nSPS) is 10.3. The second-order valence-electron chi connectivity index (χ2n) is 2.47. The highest BCUT2D eigenvalue weighted by Gasteiger charge is 2.01. The fourth-order valence-corrected chi connectivity index (χ4v) is 2.66. The molecule has 4 heteroatoms. The number of hydrogen-bond acceptors (Lipinski definition) is 2. The van der Waals surface area contributed by atoms with Gasteiger partial charge in [-0.25, -0.2) is 0 Å². The average Bonchev–Trinajstić information content (AvgIpc) is 2.53. The van der Waals surface area contributed by atoms with Crippen LogP contribution in [0.1, 0.15) is 0 Å². The summed E-state index contributed by atoms with van der Waals surface area (Å²) in [6.07, 6.45) is 1.88. The molecule has 2 aromatic heterocycles. The van der Waals surface area contributed by atoms with Gasteiger partial charge in [-0.3, -0.25) is 4.98 Å². The molecule has 0 fully saturated rings. The number of aromatic nitrogens is 1. The molecule has 0 aliphatic heterocycles. The summed E-state index contributed by atoms with van der Waals surface area (Å²) in [5.41, 5.74) is 1.04. The molecule has 0 saturated carbocycles. The van der Waals surface area contributed by atoms with Gasteiger partial charge >= 0.3 is 0 Å². The van der Waals surface area contributed by atoms with Crippen molar-refractivity contribution in [3.63, 3.8) is 0 Å². The van der Waals surface area contributed by atoms with Crippen LogP contribution in [0.3, 0.4) is 0 Å². The van der Waals surface area contributed by atoms with Gasteiger partial charge in [0.15, 0.2) is 0 Å². The Morgan fingerprint density at radius 2 is 2.08 bits per heavy atom. The standard InChI is InChI=1S/C9H5BrINS/c10-9-4-3-8(13-9)7-2-1-6(11)5-12-7/h1-5H. The second-order valence-corrected chi connectivity index (χ2v) is 6.17. The first kappa shape index (κ1) is 9.61. The van der Waals surface area contributed by atoms with Crippen LogP contribution in [0.25, 0.3) is 10.6 Å². The SMILES string of the molecule is Brc1ccc(-c2ccc(I)cn2)s1. The van der Waals surface area contributed by atoms with E-state index in [-0.39, 0.29) is 0 Å². The molecule has 0 bridgehead atoms. The molecule has 2 aromatic rings. The maximum Gasteiger partial charge on any atom is 0.0802 e. The smallest absolute Gasteiger partial charge is 0.0802 e. The Morgan fingerprint density at radius 1 is 1.23 bits per heavy atom. The van der Waals surface area contributed by atoms with Crippen molar-refractivity contribution >= 4 is 49.9 Å². The Kier molecular flexibility index (Phi) is 3.00. The van der Waals surface area contributed by atoms with E-state index in [2.05, 4.69) is 55.6 Å². The quantitative estimate of drug-likeness (QED) is 0.691. The highest BCUT2D eigenvalue weighted by atomic mass is 127. The molecule has 0 amide bonds. The van der Waals surface area contributed by atoms with Gasteiger partial charge in [-0.1, -0.05) is 0 Å². The number of halogens is 2. The number of rotatable bonds is 1. The molecule has 0 saturated heterocycles. The molecule has 2 heterocycles. The van der Waals surface area contributed by atoms with Crippen LogP contribution >= 0.6 is 49.9 Å². The zero-order chi connectivity index (χ0) is 9.26. The third-order valence-corrected chi connectivity index (χ3v) is 3.84. The molecule has 13 heavy (non-hydrogen) atoms. The summed E-state index contributed by atoms with van der Waals surface area (Å²) >= 11 is 7.38. The van der Waals surface area contributed by atoms with E-state index < -0.39 is 0 Å². The Labute approximate surface area is 102 Å². The van der Waals surface area contributed by atoms with Crippen LogP contribution in [0, 0.1) is 3.57 Å². The lowest BCUT2D eigenvalue weighted by Crippen LogP contribution is -1.79. The molecule has 0 aromatic carbocycles. The number of thiophene rings is 1. The first-order valence-electron chi connectivity index (χ1n) is 3.63. The predicted octanol–water partition coefficient (Wildman–Crippen LogP) is 4.18. The number of hydrogen-bond donors (Lipinski definition) is 0. The van der Waals surface area contributed by atoms with E-state index in [1.54, 1.807) is 11.3 Å². The molecule has 2 rings (SSSR count). The fourth-order valence-electron chi connectivity index (χ4n) is 0.974. The Morgan fingerprint density at radius 3 is 2.62 bits per heavy atom. The fraction of sp³-hybridized carbons (Fsp3) is 0. The molecule has 1 nitrogen and oxygen atoms in total. The summed E-state index contributed by atoms with van der Waals surface area (Å²) in [5.74, 6) is 0. The van der Waals surface area contributed by atoms with Crippen molar-refractivity contribution in [2.75, 3.05) is 0 Å². The summed E-state index contributed by atoms with van der Waals surface area (Å²) in [6, 6.07) is 8.22. The third-order valence-electron chi connectivity index (χ3n) is 1.55. The molecule has 0 radical (unpaired) electrons. The van der Waals surface area contributed by atoms with E-state index >= 15 is 0 Å². The summed E-state index contributed by atoms with van der Waals surface area (Å²) in [7, 11) is 0. The lowest BCUT2D eigenvalue weighted by Gasteiger charge is -1.95. The van der Waals surface area contributed by atoms with E-state index in [1.165, 1.54) is 4.88 Å². The molecule has 66 valence electrons. The van der Waals surface area contributed by atoms with Crippen LogP contribution in [0.15, 0.2) is 34.2 Å². The van der Waals surface area contributed by atoms with Crippen LogP contribution in [0.4, 0.5) is 0 Å². The molecule has 0 unspecified atom stereocenters. The van der Waals surface area contributed by atoms with E-state index in [1.807, 2.05) is 18.3 Å². The maximum absolute atomic E-state index is 4.34. The molecular weight excluding hydrogens is 361 g/mol. The van der Waals surface area contributed by atoms with Gasteiger partial charge in [0.1, 0.15) is 0 Å². The highest BCUT2D eigenvalue weighted by Crippen LogP contribution is 2.29. The first-order chi connectivity index (χ1) is 6.25. The second kappa shape index (κ2) is 4.06. The lowest BCUT2D eigenvalue weighted by molar-refractivity contribution is 1.32. The van der Waals surface area contributed by atoms with Gasteiger partial charge in [0.2, 0.25) is 0 Å². The minimum Gasteiger partial charge on any atom is -0.254 e. The minimum atomic E-state index is 1.04. The topological polar surface area (TPSA) is 12.9 Å². The van der Waals surface area contributed by atoms with Gasteiger partial charge in [0.05, 0.1) is 14.4 Å². The van der Waals surface area contributed by atoms with E-state index in [9.17, 15) is 0 Å². The Bertz CT molecular complexity index is 410. The molecule has 0 aliphatic carbocycles. The Balaban J connectivity index is 2.41. The van der Waals surface area contributed by atoms with Gasteiger partial charge in [0.25, 0.3) is 0 Å². The van der Waals surface area contributed by atoms with Crippen LogP contribution < -0.4 is 0 Å². The lowest BCUT2D eigenvalue weighted by atomic mass is 10.3. The molecule has 0 spiro atoms. The Hall–Kier alpha value is 0.0600. The van der Waals surface area contributed by atoms with Crippen molar-refractivity contribution in [2.24, 2.45) is 0 Å². The highest BCUT2D eigenvalue weighted by molar-refractivity contribution is 14.1. The van der Waals surface area contributed by atoms with E-state index in [0.717, 1.165) is 13.1 Å². The van der Waals surface area contributed by atoms with Crippen LogP contribution in [-0.2, 0) is 0 Å². The van der Waals surface area contributed by atoms with Gasteiger partial charge in [-0.15, -0.1) is 11.3 Å². The van der Waals surface area contributed by atoms with Gasteiger partial charge in [-0.05, 0) is 62.8 Å². The summed E-state index contributed by atoms with van der Waals surface area (Å²) in [6.45, 7) is 0. The first-order valence-corrected chi connectivity index (χ1v) is 6.32. The van der Waals surface area contributed by atoms with Gasteiger partial charge in [0, 0.05) is 9.77 Å². The van der Waals surface area contributed by atoms with Crippen molar-refractivity contribution in [1.82, 2.24) is 4.98 Å². The van der Waals surface area contributed by atoms with Crippen LogP contribution in [-0.4, -0.2) is 4.98 Å². The number of nitrogens with zero attached hydrogens (tertiary/aromatic N) is 1. The van der Waals surface area contributed by atoms with E-state index in [4.69, 9.17) is 0 Å². The van der Waals surface area contributed by atoms with Crippen molar-refractivity contribution in [3.8, 4) is 10.6 Å². The average molecular weight is 366 g/mol. The summed E-state index contributed by atoms with van der Waals surface area (Å²) in [4.78, 5) is 5.54. The van der Waals surface area contributed by atoms with Gasteiger partial charge < -0.3 is 0 Å². The van der Waals surface area contributed by atoms with Crippen LogP contribution in [0.5, 0.6) is 0 Å². The van der Waals surface area contributed by atoms with Crippen molar-refractivity contribution in [1.29, 1.82) is 0 Å². The zero-order valence-electron chi connectivity index (χ0n) is 6.50. The minimum absolute atomic E-state index is 1.04. The number of pyridine rings is 1. The maximum atomic E-state index is 4.34. The largest absolute Gasteiger partial charge is 0.254 e. The molecule has 0 N–H and O–H groups in total.